The van der Waals surface area contributed by atoms with Gasteiger partial charge < -0.3 is 15.5 Å². The summed E-state index contributed by atoms with van der Waals surface area (Å²) in [4.78, 5) is 10.6. The van der Waals surface area contributed by atoms with Gasteiger partial charge in [0, 0.05) is 10.2 Å². The maximum Gasteiger partial charge on any atom is 0.337 e. The molecule has 1 aromatic carbocycles. The van der Waals surface area contributed by atoms with E-state index < -0.39 is 11.6 Å². The van der Waals surface area contributed by atoms with Crippen molar-refractivity contribution in [2.24, 2.45) is 0 Å². The van der Waals surface area contributed by atoms with Crippen LogP contribution in [-0.2, 0) is 4.79 Å². The topological polar surface area (TPSA) is 69.6 Å². The molecule has 82 valence electrons. The van der Waals surface area contributed by atoms with Crippen LogP contribution in [0.15, 0.2) is 28.7 Å². The van der Waals surface area contributed by atoms with Gasteiger partial charge in [0.25, 0.3) is 0 Å². The van der Waals surface area contributed by atoms with E-state index >= 15 is 0 Å². The maximum absolute atomic E-state index is 10.6. The van der Waals surface area contributed by atoms with E-state index in [0.29, 0.717) is 0 Å². The Labute approximate surface area is 96.1 Å². The average molecular weight is 274 g/mol. The maximum atomic E-state index is 10.6. The highest BCUT2D eigenvalue weighted by molar-refractivity contribution is 9.10. The van der Waals surface area contributed by atoms with Crippen LogP contribution in [0.1, 0.15) is 6.92 Å². The van der Waals surface area contributed by atoms with Gasteiger partial charge in [-0.3, -0.25) is 0 Å². The molecule has 0 bridgehead atoms. The number of benzene rings is 1. The molecule has 0 heterocycles. The molecule has 1 aromatic rings. The van der Waals surface area contributed by atoms with E-state index in [9.17, 15) is 9.90 Å². The Morgan fingerprint density at radius 2 is 2.13 bits per heavy atom. The van der Waals surface area contributed by atoms with Crippen LogP contribution in [0, 0.1) is 0 Å². The second-order valence-corrected chi connectivity index (χ2v) is 4.27. The largest absolute Gasteiger partial charge is 0.479 e. The Morgan fingerprint density at radius 3 is 2.67 bits per heavy atom. The number of anilines is 1. The van der Waals surface area contributed by atoms with E-state index in [1.165, 1.54) is 6.92 Å². The summed E-state index contributed by atoms with van der Waals surface area (Å²) in [6, 6.07) is 7.30. The van der Waals surface area contributed by atoms with Gasteiger partial charge in [0.2, 0.25) is 0 Å². The molecule has 0 saturated heterocycles. The first-order chi connectivity index (χ1) is 6.93. The Kier molecular flexibility index (Phi) is 3.71. The van der Waals surface area contributed by atoms with Gasteiger partial charge in [-0.05, 0) is 35.0 Å². The summed E-state index contributed by atoms with van der Waals surface area (Å²) in [5, 5.41) is 21.0. The van der Waals surface area contributed by atoms with E-state index in [4.69, 9.17) is 5.11 Å². The number of halogens is 1. The summed E-state index contributed by atoms with van der Waals surface area (Å²) < 4.78 is 0.825. The van der Waals surface area contributed by atoms with E-state index in [1.54, 1.807) is 6.07 Å². The fourth-order valence-corrected chi connectivity index (χ4v) is 1.37. The van der Waals surface area contributed by atoms with Gasteiger partial charge >= 0.3 is 5.97 Å². The molecule has 5 heteroatoms. The van der Waals surface area contributed by atoms with Gasteiger partial charge in [0.05, 0.1) is 6.54 Å². The lowest BCUT2D eigenvalue weighted by molar-refractivity contribution is -0.155. The Balaban J connectivity index is 2.66. The van der Waals surface area contributed by atoms with E-state index in [-0.39, 0.29) is 6.54 Å². The molecule has 1 rings (SSSR count). The molecule has 1 atom stereocenters. The molecule has 3 N–H and O–H groups in total. The zero-order valence-electron chi connectivity index (χ0n) is 8.20. The number of aliphatic carboxylic acids is 1. The van der Waals surface area contributed by atoms with Crippen LogP contribution in [0.5, 0.6) is 0 Å². The van der Waals surface area contributed by atoms with Crippen molar-refractivity contribution in [1.29, 1.82) is 0 Å². The minimum atomic E-state index is -1.77. The molecule has 0 radical (unpaired) electrons. The fourth-order valence-electron chi connectivity index (χ4n) is 0.948. The molecular weight excluding hydrogens is 262 g/mol. The zero-order valence-corrected chi connectivity index (χ0v) is 9.78. The van der Waals surface area contributed by atoms with Gasteiger partial charge in [0.15, 0.2) is 5.60 Å². The van der Waals surface area contributed by atoms with Crippen molar-refractivity contribution in [3.8, 4) is 0 Å². The lowest BCUT2D eigenvalue weighted by Gasteiger charge is -2.19. The standard InChI is InChI=1S/C10H12BrNO3/c1-10(15,9(13)14)6-12-8-5-3-2-4-7(8)11/h2-5,12,15H,6H2,1H3,(H,13,14). The number of hydrogen-bond acceptors (Lipinski definition) is 3. The number of nitrogens with one attached hydrogen (secondary N) is 1. The SMILES string of the molecule is CC(O)(CNc1ccccc1Br)C(=O)O. The Hall–Kier alpha value is -1.07. The normalized spacial score (nSPS) is 14.3. The van der Waals surface area contributed by atoms with Crippen molar-refractivity contribution in [1.82, 2.24) is 0 Å². The van der Waals surface area contributed by atoms with Crippen molar-refractivity contribution >= 4 is 27.6 Å². The predicted molar refractivity (Wildman–Crippen MR) is 60.9 cm³/mol. The molecule has 0 aliphatic heterocycles. The van der Waals surface area contributed by atoms with Crippen molar-refractivity contribution < 1.29 is 15.0 Å². The summed E-state index contributed by atoms with van der Waals surface area (Å²) in [6.07, 6.45) is 0. The number of aliphatic hydroxyl groups is 1. The number of carboxylic acid groups (broad SMARTS) is 1. The van der Waals surface area contributed by atoms with Gasteiger partial charge in [0.1, 0.15) is 0 Å². The monoisotopic (exact) mass is 273 g/mol. The molecule has 0 aliphatic rings. The molecule has 15 heavy (non-hydrogen) atoms. The number of para-hydroxylation sites is 1. The Bertz CT molecular complexity index is 365. The number of carbonyl (C=O) groups is 1. The minimum Gasteiger partial charge on any atom is -0.479 e. The molecule has 0 fully saturated rings. The highest BCUT2D eigenvalue weighted by Crippen LogP contribution is 2.21. The lowest BCUT2D eigenvalue weighted by Crippen LogP contribution is -2.41. The molecule has 1 unspecified atom stereocenters. The highest BCUT2D eigenvalue weighted by atomic mass is 79.9. The predicted octanol–water partition coefficient (Wildman–Crippen LogP) is 1.70. The van der Waals surface area contributed by atoms with Crippen molar-refractivity contribution in [2.45, 2.75) is 12.5 Å². The quantitative estimate of drug-likeness (QED) is 0.781. The minimum absolute atomic E-state index is 0.0506. The number of carboxylic acids is 1. The van der Waals surface area contributed by atoms with E-state index in [0.717, 1.165) is 10.2 Å². The van der Waals surface area contributed by atoms with Gasteiger partial charge in [-0.1, -0.05) is 12.1 Å². The summed E-state index contributed by atoms with van der Waals surface area (Å²) >= 11 is 3.31. The molecular formula is C10H12BrNO3. The average Bonchev–Trinajstić information content (AvgIpc) is 2.16. The number of rotatable bonds is 4. The smallest absolute Gasteiger partial charge is 0.337 e. The Morgan fingerprint density at radius 1 is 1.53 bits per heavy atom. The van der Waals surface area contributed by atoms with Crippen molar-refractivity contribution in [3.05, 3.63) is 28.7 Å². The first-order valence-corrected chi connectivity index (χ1v) is 5.17. The molecule has 0 aliphatic carbocycles. The summed E-state index contributed by atoms with van der Waals surface area (Å²) in [5.74, 6) is -1.25. The van der Waals surface area contributed by atoms with Crippen LogP contribution in [0.3, 0.4) is 0 Å². The fraction of sp³-hybridized carbons (Fsp3) is 0.300. The zero-order chi connectivity index (χ0) is 11.5. The van der Waals surface area contributed by atoms with Crippen LogP contribution >= 0.6 is 15.9 Å². The molecule has 0 amide bonds. The second kappa shape index (κ2) is 4.63. The van der Waals surface area contributed by atoms with Gasteiger partial charge in [-0.25, -0.2) is 4.79 Å². The third kappa shape index (κ3) is 3.21. The molecule has 0 aromatic heterocycles. The van der Waals surface area contributed by atoms with Crippen LogP contribution in [0.2, 0.25) is 0 Å². The molecule has 0 spiro atoms. The van der Waals surface area contributed by atoms with Gasteiger partial charge in [-0.15, -0.1) is 0 Å². The second-order valence-electron chi connectivity index (χ2n) is 3.41. The van der Waals surface area contributed by atoms with Crippen LogP contribution < -0.4 is 5.32 Å². The third-order valence-electron chi connectivity index (χ3n) is 1.96. The van der Waals surface area contributed by atoms with E-state index in [2.05, 4.69) is 21.2 Å². The van der Waals surface area contributed by atoms with Crippen molar-refractivity contribution in [3.63, 3.8) is 0 Å². The van der Waals surface area contributed by atoms with Crippen LogP contribution in [-0.4, -0.2) is 28.3 Å². The van der Waals surface area contributed by atoms with Crippen LogP contribution in [0.4, 0.5) is 5.69 Å². The highest BCUT2D eigenvalue weighted by Gasteiger charge is 2.29. The van der Waals surface area contributed by atoms with Gasteiger partial charge in [-0.2, -0.15) is 0 Å². The first kappa shape index (κ1) is 12.0. The van der Waals surface area contributed by atoms with Crippen LogP contribution in [0.25, 0.3) is 0 Å². The lowest BCUT2D eigenvalue weighted by atomic mass is 10.1. The summed E-state index contributed by atoms with van der Waals surface area (Å²) in [7, 11) is 0. The van der Waals surface area contributed by atoms with E-state index in [1.807, 2.05) is 18.2 Å². The third-order valence-corrected chi connectivity index (χ3v) is 2.65. The number of hydrogen-bond donors (Lipinski definition) is 3. The summed E-state index contributed by atoms with van der Waals surface area (Å²) in [6.45, 7) is 1.20. The van der Waals surface area contributed by atoms with Crippen molar-refractivity contribution in [2.75, 3.05) is 11.9 Å². The molecule has 0 saturated carbocycles. The molecule has 4 nitrogen and oxygen atoms in total. The summed E-state index contributed by atoms with van der Waals surface area (Å²) in [5.41, 5.74) is -1.02. The first-order valence-electron chi connectivity index (χ1n) is 4.37.